The smallest absolute Gasteiger partial charge is 0.226 e. The van der Waals surface area contributed by atoms with E-state index in [-0.39, 0.29) is 6.61 Å². The lowest BCUT2D eigenvalue weighted by Gasteiger charge is -2.23. The van der Waals surface area contributed by atoms with Gasteiger partial charge in [0, 0.05) is 18.9 Å². The van der Waals surface area contributed by atoms with Crippen molar-refractivity contribution in [3.63, 3.8) is 0 Å². The molecule has 0 unspecified atom stereocenters. The van der Waals surface area contributed by atoms with Gasteiger partial charge in [-0.05, 0) is 31.6 Å². The second kappa shape index (κ2) is 6.15. The van der Waals surface area contributed by atoms with Gasteiger partial charge >= 0.3 is 0 Å². The summed E-state index contributed by atoms with van der Waals surface area (Å²) in [4.78, 5) is 4.47. The molecule has 4 nitrogen and oxygen atoms in total. The van der Waals surface area contributed by atoms with Gasteiger partial charge in [-0.1, -0.05) is 24.9 Å². The van der Waals surface area contributed by atoms with Gasteiger partial charge in [-0.15, -0.1) is 0 Å². The lowest BCUT2D eigenvalue weighted by atomic mass is 9.83. The molecule has 0 atom stereocenters. The van der Waals surface area contributed by atoms with Crippen molar-refractivity contribution in [3.05, 3.63) is 11.7 Å². The van der Waals surface area contributed by atoms with E-state index in [1.54, 1.807) is 0 Å². The number of nitrogens with zero attached hydrogens (tertiary/aromatic N) is 2. The third-order valence-corrected chi connectivity index (χ3v) is 3.66. The maximum absolute atomic E-state index is 8.71. The number of aromatic nitrogens is 2. The lowest BCUT2D eigenvalue weighted by molar-refractivity contribution is 0.280. The first-order valence-corrected chi connectivity index (χ1v) is 6.73. The molecule has 0 aromatic carbocycles. The van der Waals surface area contributed by atoms with Crippen LogP contribution < -0.4 is 0 Å². The third kappa shape index (κ3) is 3.53. The number of rotatable bonds is 5. The maximum Gasteiger partial charge on any atom is 0.226 e. The van der Waals surface area contributed by atoms with E-state index in [0.717, 1.165) is 36.9 Å². The minimum atomic E-state index is 0.238. The van der Waals surface area contributed by atoms with Gasteiger partial charge in [-0.2, -0.15) is 4.98 Å². The van der Waals surface area contributed by atoms with Gasteiger partial charge in [0.15, 0.2) is 5.82 Å². The summed E-state index contributed by atoms with van der Waals surface area (Å²) in [6.45, 7) is 2.55. The summed E-state index contributed by atoms with van der Waals surface area (Å²) in [5.74, 6) is 2.98. The van der Waals surface area contributed by atoms with Gasteiger partial charge in [0.1, 0.15) is 0 Å². The quantitative estimate of drug-likeness (QED) is 0.801. The van der Waals surface area contributed by atoms with Crippen LogP contribution in [0.5, 0.6) is 0 Å². The minimum absolute atomic E-state index is 0.238. The number of unbranched alkanes of at least 4 members (excludes halogenated alkanes) is 1. The topological polar surface area (TPSA) is 59.2 Å². The number of hydrogen-bond donors (Lipinski definition) is 1. The molecule has 0 saturated heterocycles. The Bertz CT molecular complexity index is 330. The highest BCUT2D eigenvalue weighted by molar-refractivity contribution is 4.97. The predicted octanol–water partition coefficient (Wildman–Crippen LogP) is 2.68. The summed E-state index contributed by atoms with van der Waals surface area (Å²) in [6.07, 6.45) is 7.45. The van der Waals surface area contributed by atoms with E-state index in [2.05, 4.69) is 17.1 Å². The van der Waals surface area contributed by atoms with Crippen LogP contribution in [-0.4, -0.2) is 21.9 Å². The van der Waals surface area contributed by atoms with Crippen LogP contribution in [0.2, 0.25) is 0 Å². The van der Waals surface area contributed by atoms with Crippen molar-refractivity contribution in [3.8, 4) is 0 Å². The largest absolute Gasteiger partial charge is 0.396 e. The second-order valence-electron chi connectivity index (χ2n) is 5.18. The zero-order valence-electron chi connectivity index (χ0n) is 10.6. The van der Waals surface area contributed by atoms with Crippen LogP contribution in [0.3, 0.4) is 0 Å². The summed E-state index contributed by atoms with van der Waals surface area (Å²) in [6, 6.07) is 0. The highest BCUT2D eigenvalue weighted by Gasteiger charge is 2.23. The zero-order valence-corrected chi connectivity index (χ0v) is 10.6. The van der Waals surface area contributed by atoms with Gasteiger partial charge < -0.3 is 9.63 Å². The van der Waals surface area contributed by atoms with E-state index < -0.39 is 0 Å². The highest BCUT2D eigenvalue weighted by atomic mass is 16.5. The number of hydrogen-bond acceptors (Lipinski definition) is 4. The summed E-state index contributed by atoms with van der Waals surface area (Å²) in [7, 11) is 0. The molecule has 0 bridgehead atoms. The fourth-order valence-corrected chi connectivity index (χ4v) is 2.44. The van der Waals surface area contributed by atoms with E-state index in [1.807, 2.05) is 0 Å². The average molecular weight is 238 g/mol. The predicted molar refractivity (Wildman–Crippen MR) is 64.7 cm³/mol. The van der Waals surface area contributed by atoms with Crippen LogP contribution >= 0.6 is 0 Å². The van der Waals surface area contributed by atoms with Crippen molar-refractivity contribution in [1.29, 1.82) is 0 Å². The van der Waals surface area contributed by atoms with Crippen LogP contribution in [0.15, 0.2) is 4.52 Å². The molecule has 1 N–H and O–H groups in total. The molecule has 1 aliphatic rings. The Morgan fingerprint density at radius 3 is 2.71 bits per heavy atom. The molecule has 2 rings (SSSR count). The first kappa shape index (κ1) is 12.6. The van der Waals surface area contributed by atoms with Crippen molar-refractivity contribution in [1.82, 2.24) is 10.1 Å². The standard InChI is InChI=1S/C13H22N2O2/c1-10-5-7-11(8-6-10)13-14-12(17-15-13)4-2-3-9-16/h10-11,16H,2-9H2,1H3. The van der Waals surface area contributed by atoms with Gasteiger partial charge in [0.2, 0.25) is 5.89 Å². The number of aliphatic hydroxyl groups excluding tert-OH is 1. The molecular formula is C13H22N2O2. The van der Waals surface area contributed by atoms with E-state index in [0.29, 0.717) is 5.92 Å². The fraction of sp³-hybridized carbons (Fsp3) is 0.846. The molecular weight excluding hydrogens is 216 g/mol. The Labute approximate surface area is 102 Å². The third-order valence-electron chi connectivity index (χ3n) is 3.66. The second-order valence-corrected chi connectivity index (χ2v) is 5.18. The molecule has 0 spiro atoms. The Morgan fingerprint density at radius 1 is 1.24 bits per heavy atom. The molecule has 1 fully saturated rings. The molecule has 0 amide bonds. The van der Waals surface area contributed by atoms with Crippen molar-refractivity contribution >= 4 is 0 Å². The number of aryl methyl sites for hydroxylation is 1. The molecule has 1 heterocycles. The highest BCUT2D eigenvalue weighted by Crippen LogP contribution is 2.34. The normalized spacial score (nSPS) is 25.1. The molecule has 0 aliphatic heterocycles. The van der Waals surface area contributed by atoms with Crippen LogP contribution in [0, 0.1) is 5.92 Å². The Hall–Kier alpha value is -0.900. The molecule has 1 aromatic heterocycles. The molecule has 0 radical (unpaired) electrons. The Balaban J connectivity index is 1.85. The van der Waals surface area contributed by atoms with Crippen molar-refractivity contribution < 1.29 is 9.63 Å². The SMILES string of the molecule is CC1CCC(c2noc(CCCCO)n2)CC1. The first-order valence-electron chi connectivity index (χ1n) is 6.73. The summed E-state index contributed by atoms with van der Waals surface area (Å²) in [5, 5.41) is 12.8. The molecule has 96 valence electrons. The fourth-order valence-electron chi connectivity index (χ4n) is 2.44. The monoisotopic (exact) mass is 238 g/mol. The van der Waals surface area contributed by atoms with Crippen molar-refractivity contribution in [2.24, 2.45) is 5.92 Å². The van der Waals surface area contributed by atoms with E-state index in [4.69, 9.17) is 9.63 Å². The maximum atomic E-state index is 8.71. The first-order chi connectivity index (χ1) is 8.29. The minimum Gasteiger partial charge on any atom is -0.396 e. The van der Waals surface area contributed by atoms with Crippen LogP contribution in [0.1, 0.15) is 63.1 Å². The van der Waals surface area contributed by atoms with E-state index in [9.17, 15) is 0 Å². The van der Waals surface area contributed by atoms with E-state index >= 15 is 0 Å². The molecule has 1 aromatic rings. The summed E-state index contributed by atoms with van der Waals surface area (Å²) < 4.78 is 5.25. The zero-order chi connectivity index (χ0) is 12.1. The molecule has 4 heteroatoms. The molecule has 17 heavy (non-hydrogen) atoms. The average Bonchev–Trinajstić information content (AvgIpc) is 2.79. The van der Waals surface area contributed by atoms with E-state index in [1.165, 1.54) is 25.7 Å². The Kier molecular flexibility index (Phi) is 4.54. The van der Waals surface area contributed by atoms with Crippen molar-refractivity contribution in [2.45, 2.75) is 57.8 Å². The Morgan fingerprint density at radius 2 is 2.00 bits per heavy atom. The van der Waals surface area contributed by atoms with Gasteiger partial charge in [0.05, 0.1) is 0 Å². The van der Waals surface area contributed by atoms with Crippen molar-refractivity contribution in [2.75, 3.05) is 6.61 Å². The van der Waals surface area contributed by atoms with Crippen LogP contribution in [0.25, 0.3) is 0 Å². The van der Waals surface area contributed by atoms with Crippen LogP contribution in [0.4, 0.5) is 0 Å². The molecule has 1 aliphatic carbocycles. The van der Waals surface area contributed by atoms with Gasteiger partial charge in [-0.3, -0.25) is 0 Å². The summed E-state index contributed by atoms with van der Waals surface area (Å²) in [5.41, 5.74) is 0. The molecule has 1 saturated carbocycles. The van der Waals surface area contributed by atoms with Gasteiger partial charge in [-0.25, -0.2) is 0 Å². The van der Waals surface area contributed by atoms with Gasteiger partial charge in [0.25, 0.3) is 0 Å². The summed E-state index contributed by atoms with van der Waals surface area (Å²) >= 11 is 0. The number of aliphatic hydroxyl groups is 1. The lowest BCUT2D eigenvalue weighted by Crippen LogP contribution is -2.12. The van der Waals surface area contributed by atoms with Crippen LogP contribution in [-0.2, 0) is 6.42 Å².